The number of benzene rings is 1. The van der Waals surface area contributed by atoms with Crippen LogP contribution in [0, 0.1) is 0 Å². The van der Waals surface area contributed by atoms with Crippen LogP contribution in [0.25, 0.3) is 0 Å². The van der Waals surface area contributed by atoms with Gasteiger partial charge in [0.2, 0.25) is 5.91 Å². The zero-order valence-corrected chi connectivity index (χ0v) is 10.9. The van der Waals surface area contributed by atoms with Crippen molar-refractivity contribution in [3.8, 4) is 0 Å². The highest BCUT2D eigenvalue weighted by atomic mass is 16.2. The lowest BCUT2D eigenvalue weighted by atomic mass is 9.76. The molecule has 0 aromatic heterocycles. The van der Waals surface area contributed by atoms with Crippen LogP contribution >= 0.6 is 0 Å². The Labute approximate surface area is 108 Å². The minimum absolute atomic E-state index is 0.119. The first-order valence-corrected chi connectivity index (χ1v) is 6.90. The van der Waals surface area contributed by atoms with Gasteiger partial charge in [-0.25, -0.2) is 0 Å². The number of carbonyl (C=O) groups is 1. The summed E-state index contributed by atoms with van der Waals surface area (Å²) in [6.07, 6.45) is 1.96. The second-order valence-corrected chi connectivity index (χ2v) is 5.30. The molecule has 18 heavy (non-hydrogen) atoms. The maximum absolute atomic E-state index is 12.6. The number of rotatable bonds is 4. The summed E-state index contributed by atoms with van der Waals surface area (Å²) in [6, 6.07) is 8.75. The van der Waals surface area contributed by atoms with Gasteiger partial charge in [-0.3, -0.25) is 4.79 Å². The molecule has 0 saturated carbocycles. The lowest BCUT2D eigenvalue weighted by molar-refractivity contribution is -0.136. The molecule has 1 atom stereocenters. The standard InChI is InChI=1S/C15H20N2O/c1-2-7-17(12-9-16-10-12)15(18)14-8-11-5-3-4-6-13(11)14/h3-6,12,14,16H,2,7-10H2,1H3. The number of nitrogens with one attached hydrogen (secondary N) is 1. The van der Waals surface area contributed by atoms with Crippen molar-refractivity contribution in [2.75, 3.05) is 19.6 Å². The minimum Gasteiger partial charge on any atom is -0.337 e. The van der Waals surface area contributed by atoms with Crippen LogP contribution in [0.1, 0.15) is 30.4 Å². The summed E-state index contributed by atoms with van der Waals surface area (Å²) in [7, 11) is 0. The summed E-state index contributed by atoms with van der Waals surface area (Å²) in [5.74, 6) is 0.454. The molecule has 1 unspecified atom stereocenters. The first kappa shape index (κ1) is 11.7. The van der Waals surface area contributed by atoms with Gasteiger partial charge in [0.15, 0.2) is 0 Å². The van der Waals surface area contributed by atoms with Crippen molar-refractivity contribution in [2.45, 2.75) is 31.7 Å². The van der Waals surface area contributed by atoms with Crippen LogP contribution < -0.4 is 5.32 Å². The summed E-state index contributed by atoms with van der Waals surface area (Å²) in [5.41, 5.74) is 2.59. The fourth-order valence-electron chi connectivity index (χ4n) is 2.89. The Hall–Kier alpha value is -1.35. The highest BCUT2D eigenvalue weighted by Crippen LogP contribution is 2.36. The third kappa shape index (κ3) is 1.83. The smallest absolute Gasteiger partial charge is 0.230 e. The molecule has 1 fully saturated rings. The van der Waals surface area contributed by atoms with Gasteiger partial charge in [0.25, 0.3) is 0 Å². The van der Waals surface area contributed by atoms with Crippen molar-refractivity contribution in [2.24, 2.45) is 0 Å². The summed E-state index contributed by atoms with van der Waals surface area (Å²) < 4.78 is 0. The van der Waals surface area contributed by atoms with Gasteiger partial charge in [0, 0.05) is 19.6 Å². The van der Waals surface area contributed by atoms with E-state index in [2.05, 4.69) is 35.3 Å². The van der Waals surface area contributed by atoms with Gasteiger partial charge in [-0.05, 0) is 24.0 Å². The molecule has 3 heteroatoms. The van der Waals surface area contributed by atoms with Crippen molar-refractivity contribution in [1.29, 1.82) is 0 Å². The molecule has 1 aliphatic carbocycles. The Morgan fingerprint density at radius 2 is 2.17 bits per heavy atom. The van der Waals surface area contributed by atoms with E-state index in [4.69, 9.17) is 0 Å². The molecule has 0 radical (unpaired) electrons. The van der Waals surface area contributed by atoms with Gasteiger partial charge in [-0.2, -0.15) is 0 Å². The van der Waals surface area contributed by atoms with Crippen molar-refractivity contribution < 1.29 is 4.79 Å². The van der Waals surface area contributed by atoms with Crippen LogP contribution in [0.15, 0.2) is 24.3 Å². The van der Waals surface area contributed by atoms with Crippen LogP contribution in [0.4, 0.5) is 0 Å². The molecule has 1 heterocycles. The van der Waals surface area contributed by atoms with E-state index in [1.54, 1.807) is 0 Å². The Morgan fingerprint density at radius 1 is 1.39 bits per heavy atom. The summed E-state index contributed by atoms with van der Waals surface area (Å²) in [4.78, 5) is 14.7. The molecule has 3 rings (SSSR count). The topological polar surface area (TPSA) is 32.3 Å². The number of carbonyl (C=O) groups excluding carboxylic acids is 1. The van der Waals surface area contributed by atoms with Gasteiger partial charge >= 0.3 is 0 Å². The fourth-order valence-corrected chi connectivity index (χ4v) is 2.89. The normalized spacial score (nSPS) is 21.7. The van der Waals surface area contributed by atoms with Crippen molar-refractivity contribution in [1.82, 2.24) is 10.2 Å². The lowest BCUT2D eigenvalue weighted by Crippen LogP contribution is -2.60. The third-order valence-electron chi connectivity index (χ3n) is 4.10. The average Bonchev–Trinajstić information content (AvgIpc) is 2.27. The minimum atomic E-state index is 0.119. The number of amides is 1. The van der Waals surface area contributed by atoms with Gasteiger partial charge < -0.3 is 10.2 Å². The first-order chi connectivity index (χ1) is 8.81. The fraction of sp³-hybridized carbons (Fsp3) is 0.533. The number of hydrogen-bond donors (Lipinski definition) is 1. The van der Waals surface area contributed by atoms with Crippen LogP contribution in [0.5, 0.6) is 0 Å². The summed E-state index contributed by atoms with van der Waals surface area (Å²) in [5, 5.41) is 3.26. The van der Waals surface area contributed by atoms with Crippen LogP contribution in [-0.2, 0) is 11.2 Å². The number of fused-ring (bicyclic) bond motifs is 1. The quantitative estimate of drug-likeness (QED) is 0.871. The highest BCUT2D eigenvalue weighted by Gasteiger charge is 2.37. The van der Waals surface area contributed by atoms with Gasteiger partial charge in [0.05, 0.1) is 12.0 Å². The second-order valence-electron chi connectivity index (χ2n) is 5.30. The van der Waals surface area contributed by atoms with E-state index in [-0.39, 0.29) is 5.92 Å². The van der Waals surface area contributed by atoms with E-state index < -0.39 is 0 Å². The molecule has 1 aromatic carbocycles. The van der Waals surface area contributed by atoms with Crippen molar-refractivity contribution in [3.63, 3.8) is 0 Å². The van der Waals surface area contributed by atoms with E-state index in [1.165, 1.54) is 11.1 Å². The predicted octanol–water partition coefficient (Wildman–Crippen LogP) is 1.54. The molecule has 0 bridgehead atoms. The first-order valence-electron chi connectivity index (χ1n) is 6.90. The lowest BCUT2D eigenvalue weighted by Gasteiger charge is -2.42. The van der Waals surface area contributed by atoms with Crippen LogP contribution in [0.3, 0.4) is 0 Å². The Balaban J connectivity index is 1.74. The zero-order valence-electron chi connectivity index (χ0n) is 10.9. The van der Waals surface area contributed by atoms with E-state index >= 15 is 0 Å². The Kier molecular flexibility index (Phi) is 3.08. The molecule has 1 N–H and O–H groups in total. The second kappa shape index (κ2) is 4.73. The number of nitrogens with zero attached hydrogens (tertiary/aromatic N) is 1. The molecule has 0 spiro atoms. The van der Waals surface area contributed by atoms with Gasteiger partial charge in [0.1, 0.15) is 0 Å². The molecular formula is C15H20N2O. The molecule has 96 valence electrons. The van der Waals surface area contributed by atoms with Crippen LogP contribution in [0.2, 0.25) is 0 Å². The molecular weight excluding hydrogens is 224 g/mol. The highest BCUT2D eigenvalue weighted by molar-refractivity contribution is 5.87. The molecule has 1 amide bonds. The van der Waals surface area contributed by atoms with E-state index in [0.29, 0.717) is 11.9 Å². The molecule has 3 nitrogen and oxygen atoms in total. The third-order valence-corrected chi connectivity index (χ3v) is 4.10. The van der Waals surface area contributed by atoms with Gasteiger partial charge in [-0.1, -0.05) is 31.2 Å². The maximum Gasteiger partial charge on any atom is 0.230 e. The number of hydrogen-bond acceptors (Lipinski definition) is 2. The zero-order chi connectivity index (χ0) is 12.5. The molecule has 1 saturated heterocycles. The average molecular weight is 244 g/mol. The Bertz CT molecular complexity index is 454. The summed E-state index contributed by atoms with van der Waals surface area (Å²) in [6.45, 7) is 4.95. The monoisotopic (exact) mass is 244 g/mol. The van der Waals surface area contributed by atoms with E-state index in [0.717, 1.165) is 32.5 Å². The molecule has 2 aliphatic rings. The largest absolute Gasteiger partial charge is 0.337 e. The Morgan fingerprint density at radius 3 is 2.78 bits per heavy atom. The molecule has 1 aliphatic heterocycles. The van der Waals surface area contributed by atoms with Crippen molar-refractivity contribution >= 4 is 5.91 Å². The maximum atomic E-state index is 12.6. The van der Waals surface area contributed by atoms with Gasteiger partial charge in [-0.15, -0.1) is 0 Å². The summed E-state index contributed by atoms with van der Waals surface area (Å²) >= 11 is 0. The predicted molar refractivity (Wildman–Crippen MR) is 71.5 cm³/mol. The molecule has 1 aromatic rings. The van der Waals surface area contributed by atoms with E-state index in [9.17, 15) is 4.79 Å². The van der Waals surface area contributed by atoms with E-state index in [1.807, 2.05) is 6.07 Å². The van der Waals surface area contributed by atoms with Crippen molar-refractivity contribution in [3.05, 3.63) is 35.4 Å². The SMILES string of the molecule is CCCN(C(=O)C1Cc2ccccc21)C1CNC1. The van der Waals surface area contributed by atoms with Crippen LogP contribution in [-0.4, -0.2) is 36.5 Å².